The standard InChI is InChI=1S/C21H16ClN3O4S2/c22-16-7-2-1-6-15(16)17-11-31-21(24-17)25-19(27)12-30-14-5-3-4-13(10-14)23-18(26)8-9-20(28)29/h1-11H,12H2,(H,23,26)(H,28,29)(H,24,25,27)/b9-8+. The Balaban J connectivity index is 1.54. The number of anilines is 2. The highest BCUT2D eigenvalue weighted by atomic mass is 35.5. The summed E-state index contributed by atoms with van der Waals surface area (Å²) >= 11 is 8.79. The zero-order valence-corrected chi connectivity index (χ0v) is 18.3. The van der Waals surface area contributed by atoms with Crippen molar-refractivity contribution in [2.75, 3.05) is 16.4 Å². The average molecular weight is 474 g/mol. The number of aliphatic carboxylic acids is 1. The number of carboxylic acids is 1. The summed E-state index contributed by atoms with van der Waals surface area (Å²) in [5.74, 6) is -1.83. The number of aromatic nitrogens is 1. The fourth-order valence-electron chi connectivity index (χ4n) is 2.42. The number of carbonyl (C=O) groups is 3. The van der Waals surface area contributed by atoms with Crippen molar-refractivity contribution in [3.63, 3.8) is 0 Å². The molecule has 10 heteroatoms. The predicted molar refractivity (Wildman–Crippen MR) is 124 cm³/mol. The minimum atomic E-state index is -1.20. The van der Waals surface area contributed by atoms with Gasteiger partial charge < -0.3 is 15.7 Å². The molecule has 3 aromatic rings. The molecule has 158 valence electrons. The van der Waals surface area contributed by atoms with E-state index in [1.807, 2.05) is 23.6 Å². The number of halogens is 1. The zero-order chi connectivity index (χ0) is 22.2. The number of carbonyl (C=O) groups excluding carboxylic acids is 2. The van der Waals surface area contributed by atoms with Crippen LogP contribution in [0.4, 0.5) is 10.8 Å². The molecule has 0 atom stereocenters. The van der Waals surface area contributed by atoms with E-state index in [0.29, 0.717) is 21.5 Å². The van der Waals surface area contributed by atoms with Crippen molar-refractivity contribution in [2.45, 2.75) is 4.90 Å². The summed E-state index contributed by atoms with van der Waals surface area (Å²) < 4.78 is 0. The van der Waals surface area contributed by atoms with Crippen molar-refractivity contribution in [2.24, 2.45) is 0 Å². The summed E-state index contributed by atoms with van der Waals surface area (Å²) in [5.41, 5.74) is 1.99. The Morgan fingerprint density at radius 1 is 1.10 bits per heavy atom. The van der Waals surface area contributed by atoms with Crippen LogP contribution in [0, 0.1) is 0 Å². The first-order valence-corrected chi connectivity index (χ1v) is 11.1. The van der Waals surface area contributed by atoms with E-state index in [4.69, 9.17) is 16.7 Å². The highest BCUT2D eigenvalue weighted by molar-refractivity contribution is 8.00. The normalized spacial score (nSPS) is 10.7. The van der Waals surface area contributed by atoms with Crippen molar-refractivity contribution >= 4 is 63.3 Å². The Kier molecular flexibility index (Phi) is 7.82. The number of nitrogens with zero attached hydrogens (tertiary/aromatic N) is 1. The lowest BCUT2D eigenvalue weighted by Crippen LogP contribution is -2.13. The Bertz CT molecular complexity index is 1150. The quantitative estimate of drug-likeness (QED) is 0.321. The number of nitrogens with one attached hydrogen (secondary N) is 2. The number of hydrogen-bond donors (Lipinski definition) is 3. The van der Waals surface area contributed by atoms with Crippen LogP contribution in [0.25, 0.3) is 11.3 Å². The second-order valence-corrected chi connectivity index (χ2v) is 8.36. The first-order valence-electron chi connectivity index (χ1n) is 8.86. The number of rotatable bonds is 8. The second-order valence-electron chi connectivity index (χ2n) is 6.04. The number of amides is 2. The van der Waals surface area contributed by atoms with Crippen LogP contribution in [0.5, 0.6) is 0 Å². The molecule has 0 saturated heterocycles. The molecule has 1 heterocycles. The van der Waals surface area contributed by atoms with Gasteiger partial charge >= 0.3 is 5.97 Å². The van der Waals surface area contributed by atoms with E-state index in [0.717, 1.165) is 22.6 Å². The van der Waals surface area contributed by atoms with Crippen LogP contribution in [0.1, 0.15) is 0 Å². The Hall–Kier alpha value is -3.14. The molecule has 0 bridgehead atoms. The summed E-state index contributed by atoms with van der Waals surface area (Å²) in [6.45, 7) is 0. The van der Waals surface area contributed by atoms with Crippen LogP contribution in [0.15, 0.2) is 71.0 Å². The lowest BCUT2D eigenvalue weighted by Gasteiger charge is -2.06. The van der Waals surface area contributed by atoms with Crippen LogP contribution < -0.4 is 10.6 Å². The molecule has 1 aromatic heterocycles. The molecular formula is C21H16ClN3O4S2. The van der Waals surface area contributed by atoms with E-state index >= 15 is 0 Å². The van der Waals surface area contributed by atoms with Gasteiger partial charge in [-0.15, -0.1) is 23.1 Å². The van der Waals surface area contributed by atoms with Gasteiger partial charge in [-0.3, -0.25) is 9.59 Å². The van der Waals surface area contributed by atoms with Crippen LogP contribution >= 0.6 is 34.7 Å². The molecule has 3 N–H and O–H groups in total. The minimum Gasteiger partial charge on any atom is -0.478 e. The number of thioether (sulfide) groups is 1. The van der Waals surface area contributed by atoms with Gasteiger partial charge in [0.25, 0.3) is 0 Å². The molecule has 0 saturated carbocycles. The smallest absolute Gasteiger partial charge is 0.328 e. The fraction of sp³-hybridized carbons (Fsp3) is 0.0476. The van der Waals surface area contributed by atoms with Gasteiger partial charge in [-0.05, 0) is 24.3 Å². The SMILES string of the molecule is O=C(O)/C=C/C(=O)Nc1cccc(SCC(=O)Nc2nc(-c3ccccc3Cl)cs2)c1. The lowest BCUT2D eigenvalue weighted by atomic mass is 10.2. The number of hydrogen-bond acceptors (Lipinski definition) is 6. The first-order chi connectivity index (χ1) is 14.9. The molecular weight excluding hydrogens is 458 g/mol. The van der Waals surface area contributed by atoms with E-state index in [1.165, 1.54) is 23.1 Å². The molecule has 0 aliphatic heterocycles. The van der Waals surface area contributed by atoms with Crippen molar-refractivity contribution in [1.29, 1.82) is 0 Å². The van der Waals surface area contributed by atoms with Crippen molar-refractivity contribution < 1.29 is 19.5 Å². The maximum absolute atomic E-state index is 12.3. The Morgan fingerprint density at radius 2 is 1.90 bits per heavy atom. The van der Waals surface area contributed by atoms with Crippen molar-refractivity contribution in [3.8, 4) is 11.3 Å². The van der Waals surface area contributed by atoms with Crippen LogP contribution in [-0.2, 0) is 14.4 Å². The zero-order valence-electron chi connectivity index (χ0n) is 15.9. The fourth-order valence-corrected chi connectivity index (χ4v) is 4.14. The third kappa shape index (κ3) is 6.95. The van der Waals surface area contributed by atoms with E-state index in [9.17, 15) is 14.4 Å². The van der Waals surface area contributed by atoms with E-state index in [-0.39, 0.29) is 11.7 Å². The molecule has 0 aliphatic carbocycles. The molecule has 0 fully saturated rings. The summed E-state index contributed by atoms with van der Waals surface area (Å²) in [5, 5.41) is 16.8. The first kappa shape index (κ1) is 22.5. The van der Waals surface area contributed by atoms with Crippen molar-refractivity contribution in [3.05, 3.63) is 71.1 Å². The van der Waals surface area contributed by atoms with Gasteiger partial charge in [0, 0.05) is 38.7 Å². The minimum absolute atomic E-state index is 0.150. The predicted octanol–water partition coefficient (Wildman–Crippen LogP) is 4.77. The highest BCUT2D eigenvalue weighted by Crippen LogP contribution is 2.30. The molecule has 2 amide bonds. The number of thiazole rings is 1. The highest BCUT2D eigenvalue weighted by Gasteiger charge is 2.11. The topological polar surface area (TPSA) is 108 Å². The van der Waals surface area contributed by atoms with Gasteiger partial charge in [-0.1, -0.05) is 35.9 Å². The second kappa shape index (κ2) is 10.8. The molecule has 2 aromatic carbocycles. The molecule has 0 spiro atoms. The van der Waals surface area contributed by atoms with Crippen LogP contribution in [0.3, 0.4) is 0 Å². The molecule has 3 rings (SSSR count). The summed E-state index contributed by atoms with van der Waals surface area (Å²) in [4.78, 5) is 39.6. The van der Waals surface area contributed by atoms with Crippen LogP contribution in [0.2, 0.25) is 5.02 Å². The number of benzene rings is 2. The maximum Gasteiger partial charge on any atom is 0.328 e. The molecule has 7 nitrogen and oxygen atoms in total. The number of carboxylic acid groups (broad SMARTS) is 1. The van der Waals surface area contributed by atoms with Gasteiger partial charge in [0.15, 0.2) is 5.13 Å². The summed E-state index contributed by atoms with van der Waals surface area (Å²) in [6.07, 6.45) is 1.69. The molecule has 31 heavy (non-hydrogen) atoms. The lowest BCUT2D eigenvalue weighted by molar-refractivity contribution is -0.131. The molecule has 0 unspecified atom stereocenters. The third-order valence-electron chi connectivity index (χ3n) is 3.75. The van der Waals surface area contributed by atoms with Gasteiger partial charge in [-0.25, -0.2) is 9.78 Å². The maximum atomic E-state index is 12.3. The largest absolute Gasteiger partial charge is 0.478 e. The van der Waals surface area contributed by atoms with E-state index in [2.05, 4.69) is 15.6 Å². The van der Waals surface area contributed by atoms with Gasteiger partial charge in [0.05, 0.1) is 11.4 Å². The van der Waals surface area contributed by atoms with Gasteiger partial charge in [0.2, 0.25) is 11.8 Å². The summed E-state index contributed by atoms with van der Waals surface area (Å²) in [6, 6.07) is 14.3. The van der Waals surface area contributed by atoms with Gasteiger partial charge in [-0.2, -0.15) is 0 Å². The molecule has 0 aliphatic rings. The average Bonchev–Trinajstić information content (AvgIpc) is 3.19. The molecule has 0 radical (unpaired) electrons. The third-order valence-corrected chi connectivity index (χ3v) is 5.83. The summed E-state index contributed by atoms with van der Waals surface area (Å²) in [7, 11) is 0. The van der Waals surface area contributed by atoms with E-state index in [1.54, 1.807) is 30.3 Å². The van der Waals surface area contributed by atoms with Crippen molar-refractivity contribution in [1.82, 2.24) is 4.98 Å². The Labute approximate surface area is 191 Å². The monoisotopic (exact) mass is 473 g/mol. The van der Waals surface area contributed by atoms with E-state index < -0.39 is 11.9 Å². The Morgan fingerprint density at radius 3 is 2.68 bits per heavy atom. The van der Waals surface area contributed by atoms with Gasteiger partial charge in [0.1, 0.15) is 0 Å². The van der Waals surface area contributed by atoms with Crippen LogP contribution in [-0.4, -0.2) is 33.6 Å².